The third kappa shape index (κ3) is 1.17. The third-order valence-electron chi connectivity index (χ3n) is 4.80. The number of hydrogen-bond donors (Lipinski definition) is 1. The topological polar surface area (TPSA) is 24.9 Å². The summed E-state index contributed by atoms with van der Waals surface area (Å²) in [6, 6.07) is 4.45. The first-order valence-electron chi connectivity index (χ1n) is 6.21. The standard InChI is InChI=1S/C13H15ClN2/c14-9-2-1-5-15-13(9)16-12-10-7-3-4-8(6-7)11(10)12/h1-2,5,7-8,10-12H,3-4,6H2,(H,15,16). The molecule has 84 valence electrons. The van der Waals surface area contributed by atoms with Crippen molar-refractivity contribution in [3.05, 3.63) is 23.4 Å². The fourth-order valence-corrected chi connectivity index (χ4v) is 4.34. The zero-order valence-corrected chi connectivity index (χ0v) is 9.82. The predicted molar refractivity (Wildman–Crippen MR) is 64.5 cm³/mol. The van der Waals surface area contributed by atoms with Gasteiger partial charge in [0, 0.05) is 12.2 Å². The van der Waals surface area contributed by atoms with Crippen molar-refractivity contribution in [2.24, 2.45) is 23.7 Å². The molecule has 3 fully saturated rings. The molecule has 1 aromatic rings. The number of nitrogens with one attached hydrogen (secondary N) is 1. The zero-order chi connectivity index (χ0) is 10.7. The van der Waals surface area contributed by atoms with Gasteiger partial charge in [-0.1, -0.05) is 11.6 Å². The molecule has 0 aliphatic heterocycles. The van der Waals surface area contributed by atoms with Gasteiger partial charge in [-0.05, 0) is 55.1 Å². The van der Waals surface area contributed by atoms with Gasteiger partial charge in [0.2, 0.25) is 0 Å². The Hall–Kier alpha value is -0.760. The Morgan fingerprint density at radius 2 is 2.00 bits per heavy atom. The number of hydrogen-bond acceptors (Lipinski definition) is 2. The highest BCUT2D eigenvalue weighted by molar-refractivity contribution is 6.32. The lowest BCUT2D eigenvalue weighted by atomic mass is 10.0. The van der Waals surface area contributed by atoms with Gasteiger partial charge in [0.15, 0.2) is 0 Å². The van der Waals surface area contributed by atoms with Crippen LogP contribution in [0.4, 0.5) is 5.82 Å². The SMILES string of the molecule is Clc1cccnc1NC1C2C3CCC(C3)C12. The highest BCUT2D eigenvalue weighted by atomic mass is 35.5. The van der Waals surface area contributed by atoms with Gasteiger partial charge in [0.25, 0.3) is 0 Å². The van der Waals surface area contributed by atoms with Crippen molar-refractivity contribution in [3.8, 4) is 0 Å². The van der Waals surface area contributed by atoms with Crippen LogP contribution in [0.3, 0.4) is 0 Å². The number of pyridine rings is 1. The number of halogens is 1. The van der Waals surface area contributed by atoms with Crippen LogP contribution in [0.25, 0.3) is 0 Å². The second kappa shape index (κ2) is 3.13. The molecule has 1 heterocycles. The molecule has 1 N–H and O–H groups in total. The van der Waals surface area contributed by atoms with Gasteiger partial charge in [-0.2, -0.15) is 0 Å². The van der Waals surface area contributed by atoms with Crippen LogP contribution in [0, 0.1) is 23.7 Å². The van der Waals surface area contributed by atoms with Crippen LogP contribution in [-0.4, -0.2) is 11.0 Å². The Balaban J connectivity index is 1.53. The molecular formula is C13H15ClN2. The molecule has 0 aromatic carbocycles. The number of fused-ring (bicyclic) bond motifs is 5. The van der Waals surface area contributed by atoms with Gasteiger partial charge in [-0.15, -0.1) is 0 Å². The molecule has 16 heavy (non-hydrogen) atoms. The molecule has 3 saturated carbocycles. The Morgan fingerprint density at radius 3 is 2.69 bits per heavy atom. The summed E-state index contributed by atoms with van der Waals surface area (Å²) in [4.78, 5) is 4.31. The first-order valence-corrected chi connectivity index (χ1v) is 6.59. The van der Waals surface area contributed by atoms with E-state index >= 15 is 0 Å². The van der Waals surface area contributed by atoms with Gasteiger partial charge in [-0.25, -0.2) is 4.98 Å². The molecule has 0 radical (unpaired) electrons. The number of rotatable bonds is 2. The largest absolute Gasteiger partial charge is 0.366 e. The maximum Gasteiger partial charge on any atom is 0.144 e. The summed E-state index contributed by atoms with van der Waals surface area (Å²) in [5, 5.41) is 4.29. The summed E-state index contributed by atoms with van der Waals surface area (Å²) >= 11 is 6.12. The highest BCUT2D eigenvalue weighted by Gasteiger charge is 2.65. The summed E-state index contributed by atoms with van der Waals surface area (Å²) in [5.74, 6) is 4.72. The quantitative estimate of drug-likeness (QED) is 0.850. The van der Waals surface area contributed by atoms with E-state index in [1.165, 1.54) is 19.3 Å². The minimum absolute atomic E-state index is 0.665. The van der Waals surface area contributed by atoms with Crippen LogP contribution in [0.15, 0.2) is 18.3 Å². The second-order valence-electron chi connectivity index (χ2n) is 5.49. The fraction of sp³-hybridized carbons (Fsp3) is 0.615. The molecule has 3 aliphatic rings. The highest BCUT2D eigenvalue weighted by Crippen LogP contribution is 2.66. The summed E-state index contributed by atoms with van der Waals surface area (Å²) in [7, 11) is 0. The minimum atomic E-state index is 0.665. The molecule has 0 saturated heterocycles. The van der Waals surface area contributed by atoms with Crippen molar-refractivity contribution in [2.45, 2.75) is 25.3 Å². The van der Waals surface area contributed by atoms with Crippen molar-refractivity contribution < 1.29 is 0 Å². The van der Waals surface area contributed by atoms with Crippen molar-refractivity contribution in [1.29, 1.82) is 0 Å². The van der Waals surface area contributed by atoms with Gasteiger partial charge in [0.1, 0.15) is 5.82 Å². The van der Waals surface area contributed by atoms with Gasteiger partial charge >= 0.3 is 0 Å². The maximum absolute atomic E-state index is 6.12. The summed E-state index contributed by atoms with van der Waals surface area (Å²) in [6.45, 7) is 0. The molecule has 2 nitrogen and oxygen atoms in total. The second-order valence-corrected chi connectivity index (χ2v) is 5.90. The van der Waals surface area contributed by atoms with Crippen LogP contribution < -0.4 is 5.32 Å². The van der Waals surface area contributed by atoms with Crippen LogP contribution >= 0.6 is 11.6 Å². The van der Waals surface area contributed by atoms with Crippen LogP contribution in [-0.2, 0) is 0 Å². The molecule has 4 unspecified atom stereocenters. The van der Waals surface area contributed by atoms with E-state index in [9.17, 15) is 0 Å². The van der Waals surface area contributed by atoms with Crippen molar-refractivity contribution in [2.75, 3.05) is 5.32 Å². The summed E-state index contributed by atoms with van der Waals surface area (Å²) < 4.78 is 0. The molecule has 0 spiro atoms. The van der Waals surface area contributed by atoms with Crippen molar-refractivity contribution in [3.63, 3.8) is 0 Å². The van der Waals surface area contributed by atoms with E-state index in [0.29, 0.717) is 6.04 Å². The van der Waals surface area contributed by atoms with E-state index < -0.39 is 0 Å². The molecule has 2 bridgehead atoms. The van der Waals surface area contributed by atoms with Crippen LogP contribution in [0.2, 0.25) is 5.02 Å². The van der Waals surface area contributed by atoms with Crippen LogP contribution in [0.1, 0.15) is 19.3 Å². The van der Waals surface area contributed by atoms with E-state index in [1.54, 1.807) is 6.20 Å². The van der Waals surface area contributed by atoms with E-state index in [-0.39, 0.29) is 0 Å². The molecule has 4 rings (SSSR count). The van der Waals surface area contributed by atoms with Gasteiger partial charge in [0.05, 0.1) is 5.02 Å². The molecule has 1 aromatic heterocycles. The lowest BCUT2D eigenvalue weighted by Crippen LogP contribution is -2.13. The van der Waals surface area contributed by atoms with Crippen molar-refractivity contribution in [1.82, 2.24) is 4.98 Å². The van der Waals surface area contributed by atoms with E-state index in [2.05, 4.69) is 10.3 Å². The third-order valence-corrected chi connectivity index (χ3v) is 5.10. The Kier molecular flexibility index (Phi) is 1.82. The van der Waals surface area contributed by atoms with Crippen molar-refractivity contribution >= 4 is 17.4 Å². The number of aromatic nitrogens is 1. The van der Waals surface area contributed by atoms with E-state index in [1.807, 2.05) is 12.1 Å². The summed E-state index contributed by atoms with van der Waals surface area (Å²) in [6.07, 6.45) is 6.21. The fourth-order valence-electron chi connectivity index (χ4n) is 4.17. The van der Waals surface area contributed by atoms with E-state index in [0.717, 1.165) is 34.5 Å². The first-order chi connectivity index (χ1) is 7.84. The minimum Gasteiger partial charge on any atom is -0.366 e. The average Bonchev–Trinajstić information content (AvgIpc) is 2.71. The van der Waals surface area contributed by atoms with E-state index in [4.69, 9.17) is 11.6 Å². The molecule has 4 atom stereocenters. The lowest BCUT2D eigenvalue weighted by molar-refractivity contribution is 0.456. The van der Waals surface area contributed by atoms with Gasteiger partial charge < -0.3 is 5.32 Å². The normalized spacial score (nSPS) is 43.2. The lowest BCUT2D eigenvalue weighted by Gasteiger charge is -2.11. The number of nitrogens with zero attached hydrogens (tertiary/aromatic N) is 1. The maximum atomic E-state index is 6.12. The Labute approximate surface area is 100 Å². The average molecular weight is 235 g/mol. The van der Waals surface area contributed by atoms with Crippen LogP contribution in [0.5, 0.6) is 0 Å². The Morgan fingerprint density at radius 1 is 1.25 bits per heavy atom. The zero-order valence-electron chi connectivity index (χ0n) is 9.07. The molecule has 3 heteroatoms. The smallest absolute Gasteiger partial charge is 0.144 e. The van der Waals surface area contributed by atoms with Gasteiger partial charge in [-0.3, -0.25) is 0 Å². The Bertz CT molecular complexity index is 418. The molecular weight excluding hydrogens is 220 g/mol. The molecule has 0 amide bonds. The summed E-state index contributed by atoms with van der Waals surface area (Å²) in [5.41, 5.74) is 0. The monoisotopic (exact) mass is 234 g/mol. The number of anilines is 1. The first kappa shape index (κ1) is 9.29. The predicted octanol–water partition coefficient (Wildman–Crippen LogP) is 3.19. The molecule has 3 aliphatic carbocycles.